The molecule has 0 bridgehead atoms. The Kier molecular flexibility index (Phi) is 7.41. The van der Waals surface area contributed by atoms with Gasteiger partial charge in [0.1, 0.15) is 12.4 Å². The molecule has 0 fully saturated rings. The van der Waals surface area contributed by atoms with Crippen molar-refractivity contribution >= 4 is 17.3 Å². The third kappa shape index (κ3) is 5.22. The number of aromatic nitrogens is 1. The summed E-state index contributed by atoms with van der Waals surface area (Å²) in [5, 5.41) is 6.87. The van der Waals surface area contributed by atoms with Gasteiger partial charge in [-0.25, -0.2) is 0 Å². The Morgan fingerprint density at radius 3 is 2.41 bits per heavy atom. The minimum Gasteiger partial charge on any atom is -0.493 e. The third-order valence-electron chi connectivity index (χ3n) is 5.40. The van der Waals surface area contributed by atoms with Crippen molar-refractivity contribution in [3.8, 4) is 11.5 Å². The van der Waals surface area contributed by atoms with Crippen molar-refractivity contribution in [1.82, 2.24) is 5.16 Å². The number of ether oxygens (including phenoxy) is 2. The maximum Gasteiger partial charge on any atom is 0.255 e. The summed E-state index contributed by atoms with van der Waals surface area (Å²) in [7, 11) is 1.55. The number of amides is 1. The summed E-state index contributed by atoms with van der Waals surface area (Å²) in [4.78, 5) is 15.1. The van der Waals surface area contributed by atoms with Gasteiger partial charge in [0.25, 0.3) is 5.91 Å². The van der Waals surface area contributed by atoms with Crippen LogP contribution in [-0.4, -0.2) is 30.8 Å². The molecule has 1 N–H and O–H groups in total. The highest BCUT2D eigenvalue weighted by Crippen LogP contribution is 2.30. The van der Waals surface area contributed by atoms with Crippen LogP contribution >= 0.6 is 0 Å². The highest BCUT2D eigenvalue weighted by molar-refractivity contribution is 6.04. The van der Waals surface area contributed by atoms with Crippen LogP contribution in [0.1, 0.15) is 48.1 Å². The summed E-state index contributed by atoms with van der Waals surface area (Å²) in [5.41, 5.74) is 4.03. The van der Waals surface area contributed by atoms with Gasteiger partial charge in [-0.05, 0) is 77.1 Å². The number of benzene rings is 2. The summed E-state index contributed by atoms with van der Waals surface area (Å²) in [5.74, 6) is 1.53. The van der Waals surface area contributed by atoms with Crippen LogP contribution in [0.4, 0.5) is 11.4 Å². The van der Waals surface area contributed by atoms with Crippen LogP contribution < -0.4 is 19.7 Å². The van der Waals surface area contributed by atoms with E-state index in [0.717, 1.165) is 34.9 Å². The molecule has 32 heavy (non-hydrogen) atoms. The molecule has 1 aromatic heterocycles. The lowest BCUT2D eigenvalue weighted by Gasteiger charge is -2.27. The number of nitrogens with zero attached hydrogens (tertiary/aromatic N) is 2. The van der Waals surface area contributed by atoms with E-state index in [-0.39, 0.29) is 5.91 Å². The lowest BCUT2D eigenvalue weighted by Crippen LogP contribution is -2.30. The summed E-state index contributed by atoms with van der Waals surface area (Å²) in [6.07, 6.45) is 0. The Morgan fingerprint density at radius 1 is 1.12 bits per heavy atom. The van der Waals surface area contributed by atoms with Crippen molar-refractivity contribution in [2.24, 2.45) is 0 Å². The summed E-state index contributed by atoms with van der Waals surface area (Å²) >= 11 is 0. The lowest BCUT2D eigenvalue weighted by molar-refractivity contribution is 0.102. The molecule has 0 unspecified atom stereocenters. The molecule has 0 spiro atoms. The standard InChI is InChI=1S/C25H31N3O4/c1-7-28(16(2)3)21-11-9-20(10-12-21)26-25(29)19-8-13-23(24(14-19)30-6)31-15-22-17(4)27-32-18(22)5/h8-14,16H,7,15H2,1-6H3,(H,26,29). The SMILES string of the molecule is CCN(c1ccc(NC(=O)c2ccc(OCc3c(C)noc3C)c(OC)c2)cc1)C(C)C. The number of nitrogens with one attached hydrogen (secondary N) is 1. The van der Waals surface area contributed by atoms with Crippen molar-refractivity contribution in [2.75, 3.05) is 23.9 Å². The topological polar surface area (TPSA) is 76.8 Å². The van der Waals surface area contributed by atoms with Gasteiger partial charge in [0, 0.05) is 29.5 Å². The average Bonchev–Trinajstić information content (AvgIpc) is 3.10. The van der Waals surface area contributed by atoms with Crippen molar-refractivity contribution < 1.29 is 18.8 Å². The van der Waals surface area contributed by atoms with Gasteiger partial charge in [-0.2, -0.15) is 0 Å². The van der Waals surface area contributed by atoms with Gasteiger partial charge in [0.05, 0.1) is 18.4 Å². The van der Waals surface area contributed by atoms with E-state index < -0.39 is 0 Å². The Morgan fingerprint density at radius 2 is 1.84 bits per heavy atom. The molecule has 0 saturated carbocycles. The maximum atomic E-state index is 12.8. The highest BCUT2D eigenvalue weighted by atomic mass is 16.5. The first-order valence-corrected chi connectivity index (χ1v) is 10.7. The van der Waals surface area contributed by atoms with Gasteiger partial charge >= 0.3 is 0 Å². The second kappa shape index (κ2) is 10.2. The first-order chi connectivity index (χ1) is 15.3. The van der Waals surface area contributed by atoms with E-state index in [1.54, 1.807) is 25.3 Å². The molecular weight excluding hydrogens is 406 g/mol. The van der Waals surface area contributed by atoms with Crippen LogP contribution in [0.5, 0.6) is 11.5 Å². The van der Waals surface area contributed by atoms with Crippen LogP contribution in [-0.2, 0) is 6.61 Å². The van der Waals surface area contributed by atoms with Crippen molar-refractivity contribution in [1.29, 1.82) is 0 Å². The zero-order valence-electron chi connectivity index (χ0n) is 19.6. The van der Waals surface area contributed by atoms with Crippen LogP contribution in [0.2, 0.25) is 0 Å². The number of methoxy groups -OCH3 is 1. The molecule has 0 atom stereocenters. The van der Waals surface area contributed by atoms with E-state index in [2.05, 4.69) is 36.1 Å². The molecule has 0 aliphatic rings. The number of anilines is 2. The normalized spacial score (nSPS) is 10.8. The second-order valence-electron chi connectivity index (χ2n) is 7.84. The summed E-state index contributed by atoms with van der Waals surface area (Å²) in [6.45, 7) is 11.4. The van der Waals surface area contributed by atoms with E-state index in [1.807, 2.05) is 38.1 Å². The number of hydrogen-bond acceptors (Lipinski definition) is 6. The molecule has 3 aromatic rings. The first-order valence-electron chi connectivity index (χ1n) is 10.7. The number of rotatable bonds is 9. The monoisotopic (exact) mass is 437 g/mol. The molecular formula is C25H31N3O4. The van der Waals surface area contributed by atoms with Crippen LogP contribution in [0, 0.1) is 13.8 Å². The number of hydrogen-bond donors (Lipinski definition) is 1. The molecule has 0 aliphatic heterocycles. The van der Waals surface area contributed by atoms with E-state index in [1.165, 1.54) is 0 Å². The minimum absolute atomic E-state index is 0.218. The lowest BCUT2D eigenvalue weighted by atomic mass is 10.1. The van der Waals surface area contributed by atoms with Crippen molar-refractivity contribution in [3.05, 3.63) is 65.0 Å². The molecule has 7 heteroatoms. The molecule has 0 aliphatic carbocycles. The Labute approximate surface area is 189 Å². The summed E-state index contributed by atoms with van der Waals surface area (Å²) in [6, 6.07) is 13.4. The highest BCUT2D eigenvalue weighted by Gasteiger charge is 2.15. The quantitative estimate of drug-likeness (QED) is 0.485. The minimum atomic E-state index is -0.218. The fourth-order valence-electron chi connectivity index (χ4n) is 3.57. The second-order valence-corrected chi connectivity index (χ2v) is 7.84. The maximum absolute atomic E-state index is 12.8. The van der Waals surface area contributed by atoms with E-state index >= 15 is 0 Å². The van der Waals surface area contributed by atoms with Crippen molar-refractivity contribution in [3.63, 3.8) is 0 Å². The predicted molar refractivity (Wildman–Crippen MR) is 126 cm³/mol. The van der Waals surface area contributed by atoms with Crippen LogP contribution in [0.25, 0.3) is 0 Å². The van der Waals surface area contributed by atoms with Crippen molar-refractivity contribution in [2.45, 2.75) is 47.3 Å². The fraction of sp³-hybridized carbons (Fsp3) is 0.360. The molecule has 3 rings (SSSR count). The van der Waals surface area contributed by atoms with E-state index in [0.29, 0.717) is 29.7 Å². The van der Waals surface area contributed by atoms with Gasteiger partial charge < -0.3 is 24.2 Å². The van der Waals surface area contributed by atoms with Gasteiger partial charge in [0.2, 0.25) is 0 Å². The van der Waals surface area contributed by atoms with Gasteiger partial charge in [-0.15, -0.1) is 0 Å². The largest absolute Gasteiger partial charge is 0.493 e. The Hall–Kier alpha value is -3.48. The van der Waals surface area contributed by atoms with Gasteiger partial charge in [-0.3, -0.25) is 4.79 Å². The van der Waals surface area contributed by atoms with Gasteiger partial charge in [0.15, 0.2) is 11.5 Å². The summed E-state index contributed by atoms with van der Waals surface area (Å²) < 4.78 is 16.5. The van der Waals surface area contributed by atoms with E-state index in [4.69, 9.17) is 14.0 Å². The molecule has 7 nitrogen and oxygen atoms in total. The Bertz CT molecular complexity index is 1040. The number of carbonyl (C=O) groups is 1. The molecule has 170 valence electrons. The smallest absolute Gasteiger partial charge is 0.255 e. The predicted octanol–water partition coefficient (Wildman–Crippen LogP) is 5.37. The molecule has 0 radical (unpaired) electrons. The molecule has 1 heterocycles. The molecule has 2 aromatic carbocycles. The molecule has 1 amide bonds. The van der Waals surface area contributed by atoms with Gasteiger partial charge in [-0.1, -0.05) is 5.16 Å². The number of carbonyl (C=O) groups excluding carboxylic acids is 1. The Balaban J connectivity index is 1.69. The number of aryl methyl sites for hydroxylation is 2. The zero-order valence-corrected chi connectivity index (χ0v) is 19.6. The van der Waals surface area contributed by atoms with Crippen LogP contribution in [0.3, 0.4) is 0 Å². The molecule has 0 saturated heterocycles. The van der Waals surface area contributed by atoms with Crippen LogP contribution in [0.15, 0.2) is 47.0 Å². The fourth-order valence-corrected chi connectivity index (χ4v) is 3.57. The third-order valence-corrected chi connectivity index (χ3v) is 5.40. The zero-order chi connectivity index (χ0) is 23.3. The average molecular weight is 438 g/mol. The van der Waals surface area contributed by atoms with E-state index in [9.17, 15) is 4.79 Å². The first kappa shape index (κ1) is 23.2.